The van der Waals surface area contributed by atoms with Crippen molar-refractivity contribution in [2.45, 2.75) is 11.8 Å². The molecule has 0 aliphatic rings. The van der Waals surface area contributed by atoms with Crippen LogP contribution in [0.15, 0.2) is 58.1 Å². The van der Waals surface area contributed by atoms with E-state index in [0.717, 1.165) is 6.07 Å². The molecule has 0 aliphatic heterocycles. The number of aromatic nitrogens is 1. The number of hydrogen-bond donors (Lipinski definition) is 1. The van der Waals surface area contributed by atoms with Gasteiger partial charge in [-0.1, -0.05) is 28.9 Å². The maximum atomic E-state index is 13.3. The summed E-state index contributed by atoms with van der Waals surface area (Å²) in [7, 11) is -3.94. The highest BCUT2D eigenvalue weighted by atomic mass is 35.5. The van der Waals surface area contributed by atoms with Gasteiger partial charge in [-0.2, -0.15) is 0 Å². The van der Waals surface area contributed by atoms with E-state index in [9.17, 15) is 12.8 Å². The molecule has 0 atom stereocenters. The largest absolute Gasteiger partial charge is 0.337 e. The lowest BCUT2D eigenvalue weighted by atomic mass is 10.1. The topological polar surface area (TPSA) is 72.2 Å². The van der Waals surface area contributed by atoms with Gasteiger partial charge in [0.25, 0.3) is 10.0 Å². The van der Waals surface area contributed by atoms with Crippen LogP contribution in [0.1, 0.15) is 5.56 Å². The van der Waals surface area contributed by atoms with E-state index in [-0.39, 0.29) is 16.3 Å². The number of anilines is 1. The first kappa shape index (κ1) is 16.5. The molecule has 1 N–H and O–H groups in total. The summed E-state index contributed by atoms with van der Waals surface area (Å²) in [6.45, 7) is 1.49. The predicted molar refractivity (Wildman–Crippen MR) is 88.9 cm³/mol. The van der Waals surface area contributed by atoms with E-state index in [0.29, 0.717) is 16.1 Å². The summed E-state index contributed by atoms with van der Waals surface area (Å²) in [6.07, 6.45) is 1.40. The first-order valence-corrected chi connectivity index (χ1v) is 8.72. The van der Waals surface area contributed by atoms with Crippen molar-refractivity contribution in [3.8, 4) is 11.1 Å². The van der Waals surface area contributed by atoms with Crippen LogP contribution in [0.2, 0.25) is 5.02 Å². The van der Waals surface area contributed by atoms with E-state index >= 15 is 0 Å². The minimum Gasteiger partial charge on any atom is -0.337 e. The van der Waals surface area contributed by atoms with Gasteiger partial charge in [0.2, 0.25) is 5.88 Å². The number of nitrogens with one attached hydrogen (secondary N) is 1. The fourth-order valence-corrected chi connectivity index (χ4v) is 3.33. The second kappa shape index (κ2) is 6.26. The highest BCUT2D eigenvalue weighted by molar-refractivity contribution is 7.92. The molecule has 3 aromatic rings. The lowest BCUT2D eigenvalue weighted by molar-refractivity contribution is 0.435. The Kier molecular flexibility index (Phi) is 4.29. The zero-order valence-electron chi connectivity index (χ0n) is 12.5. The van der Waals surface area contributed by atoms with Crippen molar-refractivity contribution < 1.29 is 17.3 Å². The Morgan fingerprint density at radius 2 is 1.88 bits per heavy atom. The minimum absolute atomic E-state index is 0.0284. The van der Waals surface area contributed by atoms with Crippen LogP contribution >= 0.6 is 11.6 Å². The number of benzene rings is 2. The lowest BCUT2D eigenvalue weighted by Gasteiger charge is -2.08. The van der Waals surface area contributed by atoms with Crippen LogP contribution in [-0.2, 0) is 10.0 Å². The van der Waals surface area contributed by atoms with E-state index in [1.165, 1.54) is 25.3 Å². The third kappa shape index (κ3) is 3.27. The quantitative estimate of drug-likeness (QED) is 0.749. The number of nitrogens with zero attached hydrogens (tertiary/aromatic N) is 1. The smallest absolute Gasteiger partial charge is 0.264 e. The van der Waals surface area contributed by atoms with Gasteiger partial charge in [0, 0.05) is 5.02 Å². The van der Waals surface area contributed by atoms with Crippen molar-refractivity contribution in [3.63, 3.8) is 0 Å². The molecule has 0 aliphatic carbocycles. The fraction of sp³-hybridized carbons (Fsp3) is 0.0625. The number of aryl methyl sites for hydroxylation is 1. The van der Waals surface area contributed by atoms with E-state index < -0.39 is 15.8 Å². The molecule has 0 saturated carbocycles. The Hall–Kier alpha value is -2.38. The SMILES string of the molecule is Cc1cc(S(=O)(=O)Nc2oncc2-c2ccc(Cl)cc2)ccc1F. The van der Waals surface area contributed by atoms with E-state index in [4.69, 9.17) is 16.1 Å². The van der Waals surface area contributed by atoms with Gasteiger partial charge >= 0.3 is 0 Å². The van der Waals surface area contributed by atoms with E-state index in [1.807, 2.05) is 0 Å². The monoisotopic (exact) mass is 366 g/mol. The lowest BCUT2D eigenvalue weighted by Crippen LogP contribution is -2.13. The summed E-state index contributed by atoms with van der Waals surface area (Å²) in [5.41, 5.74) is 1.39. The summed E-state index contributed by atoms with van der Waals surface area (Å²) in [5, 5.41) is 4.19. The summed E-state index contributed by atoms with van der Waals surface area (Å²) >= 11 is 5.85. The van der Waals surface area contributed by atoms with Gasteiger partial charge in [-0.05, 0) is 48.4 Å². The first-order chi connectivity index (χ1) is 11.4. The van der Waals surface area contributed by atoms with Crippen LogP contribution in [-0.4, -0.2) is 13.6 Å². The molecule has 2 aromatic carbocycles. The van der Waals surface area contributed by atoms with Crippen molar-refractivity contribution in [1.82, 2.24) is 5.16 Å². The summed E-state index contributed by atoms with van der Waals surface area (Å²) in [4.78, 5) is -0.0696. The van der Waals surface area contributed by atoms with Crippen LogP contribution in [0.4, 0.5) is 10.3 Å². The zero-order chi connectivity index (χ0) is 17.3. The molecule has 0 saturated heterocycles. The average Bonchev–Trinajstić information content (AvgIpc) is 2.98. The van der Waals surface area contributed by atoms with Gasteiger partial charge < -0.3 is 4.52 Å². The standard InChI is InChI=1S/C16H12ClFN2O3S/c1-10-8-13(6-7-15(10)18)24(21,22)20-16-14(9-19-23-16)11-2-4-12(17)5-3-11/h2-9,20H,1H3. The Morgan fingerprint density at radius 3 is 2.54 bits per heavy atom. The second-order valence-electron chi connectivity index (χ2n) is 5.09. The second-order valence-corrected chi connectivity index (χ2v) is 7.21. The van der Waals surface area contributed by atoms with Gasteiger partial charge in [-0.15, -0.1) is 0 Å². The minimum atomic E-state index is -3.94. The summed E-state index contributed by atoms with van der Waals surface area (Å²) < 4.78 is 45.6. The Labute approximate surface area is 143 Å². The Morgan fingerprint density at radius 1 is 1.17 bits per heavy atom. The molecule has 0 spiro atoms. The highest BCUT2D eigenvalue weighted by Crippen LogP contribution is 2.30. The number of sulfonamides is 1. The first-order valence-electron chi connectivity index (χ1n) is 6.86. The van der Waals surface area contributed by atoms with Crippen molar-refractivity contribution in [2.24, 2.45) is 0 Å². The van der Waals surface area contributed by atoms with Crippen molar-refractivity contribution in [1.29, 1.82) is 0 Å². The van der Waals surface area contributed by atoms with Gasteiger partial charge in [0.05, 0.1) is 16.7 Å². The molecular formula is C16H12ClFN2O3S. The molecule has 5 nitrogen and oxygen atoms in total. The van der Waals surface area contributed by atoms with Gasteiger partial charge in [0.15, 0.2) is 0 Å². The van der Waals surface area contributed by atoms with Crippen molar-refractivity contribution in [2.75, 3.05) is 4.72 Å². The van der Waals surface area contributed by atoms with Crippen LogP contribution in [0, 0.1) is 12.7 Å². The molecule has 124 valence electrons. The number of rotatable bonds is 4. The average molecular weight is 367 g/mol. The van der Waals surface area contributed by atoms with Crippen LogP contribution in [0.5, 0.6) is 0 Å². The molecule has 0 bridgehead atoms. The summed E-state index contributed by atoms with van der Waals surface area (Å²) in [5.74, 6) is -0.505. The van der Waals surface area contributed by atoms with Crippen LogP contribution in [0.3, 0.4) is 0 Å². The van der Waals surface area contributed by atoms with Crippen molar-refractivity contribution >= 4 is 27.5 Å². The van der Waals surface area contributed by atoms with Crippen molar-refractivity contribution in [3.05, 3.63) is 65.1 Å². The number of halogens is 2. The molecule has 8 heteroatoms. The molecule has 1 heterocycles. The predicted octanol–water partition coefficient (Wildman–Crippen LogP) is 4.24. The molecule has 24 heavy (non-hydrogen) atoms. The van der Waals surface area contributed by atoms with Gasteiger partial charge in [-0.25, -0.2) is 17.5 Å². The number of hydrogen-bond acceptors (Lipinski definition) is 4. The molecule has 0 radical (unpaired) electrons. The fourth-order valence-electron chi connectivity index (χ4n) is 2.11. The van der Waals surface area contributed by atoms with E-state index in [2.05, 4.69) is 9.88 Å². The van der Waals surface area contributed by atoms with E-state index in [1.54, 1.807) is 24.3 Å². The Bertz CT molecular complexity index is 985. The maximum Gasteiger partial charge on any atom is 0.264 e. The third-order valence-corrected chi connectivity index (χ3v) is 4.97. The normalized spacial score (nSPS) is 11.5. The van der Waals surface area contributed by atoms with Crippen LogP contribution in [0.25, 0.3) is 11.1 Å². The maximum absolute atomic E-state index is 13.3. The highest BCUT2D eigenvalue weighted by Gasteiger charge is 2.20. The molecule has 1 aromatic heterocycles. The van der Waals surface area contributed by atoms with Gasteiger partial charge in [0.1, 0.15) is 5.82 Å². The molecular weight excluding hydrogens is 355 g/mol. The molecule has 3 rings (SSSR count). The molecule has 0 fully saturated rings. The van der Waals surface area contributed by atoms with Gasteiger partial charge in [-0.3, -0.25) is 0 Å². The van der Waals surface area contributed by atoms with Crippen LogP contribution < -0.4 is 4.72 Å². The summed E-state index contributed by atoms with van der Waals surface area (Å²) in [6, 6.07) is 10.3. The molecule has 0 amide bonds. The third-order valence-electron chi connectivity index (χ3n) is 3.39. The Balaban J connectivity index is 1.95. The molecule has 0 unspecified atom stereocenters. The zero-order valence-corrected chi connectivity index (χ0v) is 14.0.